The first kappa shape index (κ1) is 16.5. The number of nitrogens with zero attached hydrogens (tertiary/aromatic N) is 1. The molecular formula is C22H29N3O. The summed E-state index contributed by atoms with van der Waals surface area (Å²) in [5, 5.41) is 8.23. The highest BCUT2D eigenvalue weighted by Gasteiger charge is 2.49. The zero-order valence-electron chi connectivity index (χ0n) is 15.4. The quantitative estimate of drug-likeness (QED) is 0.830. The van der Waals surface area contributed by atoms with Crippen molar-refractivity contribution in [3.63, 3.8) is 0 Å². The minimum atomic E-state index is 0.195. The Kier molecular flexibility index (Phi) is 4.13. The van der Waals surface area contributed by atoms with E-state index in [2.05, 4.69) is 46.9 Å². The number of rotatable bonds is 6. The van der Waals surface area contributed by atoms with Crippen LogP contribution in [0.4, 0.5) is 0 Å². The second-order valence-electron chi connectivity index (χ2n) is 8.75. The number of hydrogen-bond donors (Lipinski definition) is 2. The van der Waals surface area contributed by atoms with Gasteiger partial charge in [-0.1, -0.05) is 35.5 Å². The molecule has 0 amide bonds. The predicted molar refractivity (Wildman–Crippen MR) is 102 cm³/mol. The van der Waals surface area contributed by atoms with Crippen LogP contribution >= 0.6 is 0 Å². The van der Waals surface area contributed by atoms with Gasteiger partial charge in [-0.25, -0.2) is 0 Å². The Labute approximate surface area is 155 Å². The lowest BCUT2D eigenvalue weighted by Gasteiger charge is -2.24. The SMILES string of the molecule is NC1CCC(c2cc(C3(CN[C@@H]4C[C@H]4c4ccccc4)CC3)on2)CC1. The molecule has 0 bridgehead atoms. The van der Waals surface area contributed by atoms with Crippen LogP contribution in [0.3, 0.4) is 0 Å². The summed E-state index contributed by atoms with van der Waals surface area (Å²) in [6, 6.07) is 14.1. The van der Waals surface area contributed by atoms with Crippen LogP contribution in [-0.4, -0.2) is 23.8 Å². The fourth-order valence-corrected chi connectivity index (χ4v) is 4.62. The van der Waals surface area contributed by atoms with E-state index >= 15 is 0 Å². The van der Waals surface area contributed by atoms with Crippen LogP contribution in [0.2, 0.25) is 0 Å². The van der Waals surface area contributed by atoms with E-state index in [1.807, 2.05) is 0 Å². The van der Waals surface area contributed by atoms with Crippen molar-refractivity contribution in [2.75, 3.05) is 6.54 Å². The summed E-state index contributed by atoms with van der Waals surface area (Å²) >= 11 is 0. The number of benzene rings is 1. The van der Waals surface area contributed by atoms with Crippen LogP contribution in [0.25, 0.3) is 0 Å². The largest absolute Gasteiger partial charge is 0.360 e. The van der Waals surface area contributed by atoms with E-state index in [4.69, 9.17) is 10.3 Å². The van der Waals surface area contributed by atoms with Gasteiger partial charge in [0.25, 0.3) is 0 Å². The highest BCUT2D eigenvalue weighted by molar-refractivity contribution is 5.29. The van der Waals surface area contributed by atoms with Crippen LogP contribution in [-0.2, 0) is 5.41 Å². The molecule has 1 heterocycles. The van der Waals surface area contributed by atoms with Gasteiger partial charge in [0.15, 0.2) is 0 Å². The number of aromatic nitrogens is 1. The lowest BCUT2D eigenvalue weighted by atomic mass is 9.84. The minimum Gasteiger partial charge on any atom is -0.360 e. The molecule has 138 valence electrons. The van der Waals surface area contributed by atoms with E-state index in [-0.39, 0.29) is 5.41 Å². The second-order valence-corrected chi connectivity index (χ2v) is 8.75. The molecule has 3 saturated carbocycles. The van der Waals surface area contributed by atoms with Gasteiger partial charge < -0.3 is 15.6 Å². The number of nitrogens with two attached hydrogens (primary N) is 1. The van der Waals surface area contributed by atoms with Crippen molar-refractivity contribution in [2.24, 2.45) is 5.73 Å². The van der Waals surface area contributed by atoms with Crippen LogP contribution in [0.1, 0.15) is 73.8 Å². The van der Waals surface area contributed by atoms with Crippen LogP contribution in [0.5, 0.6) is 0 Å². The van der Waals surface area contributed by atoms with Crippen LogP contribution < -0.4 is 11.1 Å². The molecule has 0 spiro atoms. The Bertz CT molecular complexity index is 744. The summed E-state index contributed by atoms with van der Waals surface area (Å²) in [5.74, 6) is 2.33. The highest BCUT2D eigenvalue weighted by atomic mass is 16.5. The first-order valence-electron chi connectivity index (χ1n) is 10.2. The number of nitrogens with one attached hydrogen (secondary N) is 1. The van der Waals surface area contributed by atoms with Gasteiger partial charge in [-0.15, -0.1) is 0 Å². The van der Waals surface area contributed by atoms with Crippen molar-refractivity contribution in [3.05, 3.63) is 53.4 Å². The lowest BCUT2D eigenvalue weighted by molar-refractivity contribution is 0.327. The Morgan fingerprint density at radius 1 is 1.12 bits per heavy atom. The lowest BCUT2D eigenvalue weighted by Crippen LogP contribution is -2.29. The molecule has 0 saturated heterocycles. The highest BCUT2D eigenvalue weighted by Crippen LogP contribution is 2.50. The van der Waals surface area contributed by atoms with Crippen LogP contribution in [0.15, 0.2) is 40.9 Å². The van der Waals surface area contributed by atoms with Gasteiger partial charge in [0.1, 0.15) is 5.76 Å². The molecule has 0 aliphatic heterocycles. The van der Waals surface area contributed by atoms with E-state index in [9.17, 15) is 0 Å². The first-order chi connectivity index (χ1) is 12.7. The Morgan fingerprint density at radius 2 is 1.88 bits per heavy atom. The van der Waals surface area contributed by atoms with Crippen molar-refractivity contribution in [1.82, 2.24) is 10.5 Å². The third-order valence-electron chi connectivity index (χ3n) is 6.82. The van der Waals surface area contributed by atoms with Crippen molar-refractivity contribution in [2.45, 2.75) is 74.3 Å². The molecule has 3 fully saturated rings. The summed E-state index contributed by atoms with van der Waals surface area (Å²) in [7, 11) is 0. The van der Waals surface area contributed by atoms with Gasteiger partial charge in [-0.3, -0.25) is 0 Å². The maximum Gasteiger partial charge on any atom is 0.144 e. The fraction of sp³-hybridized carbons (Fsp3) is 0.591. The molecule has 0 unspecified atom stereocenters. The first-order valence-corrected chi connectivity index (χ1v) is 10.2. The van der Waals surface area contributed by atoms with Crippen molar-refractivity contribution in [3.8, 4) is 0 Å². The van der Waals surface area contributed by atoms with E-state index in [0.29, 0.717) is 23.9 Å². The van der Waals surface area contributed by atoms with E-state index in [1.54, 1.807) is 0 Å². The molecule has 3 aliphatic rings. The molecule has 3 N–H and O–H groups in total. The molecule has 26 heavy (non-hydrogen) atoms. The molecule has 4 nitrogen and oxygen atoms in total. The summed E-state index contributed by atoms with van der Waals surface area (Å²) in [6.07, 6.45) is 8.21. The molecule has 1 aromatic heterocycles. The predicted octanol–water partition coefficient (Wildman–Crippen LogP) is 3.84. The van der Waals surface area contributed by atoms with Crippen molar-refractivity contribution in [1.29, 1.82) is 0 Å². The second kappa shape index (κ2) is 6.50. The van der Waals surface area contributed by atoms with Gasteiger partial charge in [-0.2, -0.15) is 0 Å². The Hall–Kier alpha value is -1.65. The van der Waals surface area contributed by atoms with E-state index < -0.39 is 0 Å². The Balaban J connectivity index is 1.18. The molecule has 1 aromatic carbocycles. The molecule has 2 aromatic rings. The standard InChI is InChI=1S/C22H29N3O/c23-17-8-6-16(7-9-17)19-13-21(26-25-19)22(10-11-22)14-24-20-12-18(20)15-4-2-1-3-5-15/h1-5,13,16-18,20,24H,6-12,14,23H2/t16?,17?,18-,20+/m0/s1. The zero-order valence-corrected chi connectivity index (χ0v) is 15.4. The molecule has 5 rings (SSSR count). The normalized spacial score (nSPS) is 32.3. The summed E-state index contributed by atoms with van der Waals surface area (Å²) in [5.41, 5.74) is 8.85. The average Bonchev–Trinajstić information content (AvgIpc) is 3.59. The van der Waals surface area contributed by atoms with Crippen molar-refractivity contribution >= 4 is 0 Å². The molecule has 0 radical (unpaired) electrons. The van der Waals surface area contributed by atoms with Gasteiger partial charge in [0.05, 0.1) is 5.69 Å². The maximum atomic E-state index is 6.03. The van der Waals surface area contributed by atoms with Gasteiger partial charge in [0.2, 0.25) is 0 Å². The maximum absolute atomic E-state index is 6.03. The fourth-order valence-electron chi connectivity index (χ4n) is 4.62. The molecular weight excluding hydrogens is 322 g/mol. The number of hydrogen-bond acceptors (Lipinski definition) is 4. The van der Waals surface area contributed by atoms with E-state index in [1.165, 1.54) is 24.8 Å². The topological polar surface area (TPSA) is 64.1 Å². The average molecular weight is 351 g/mol. The molecule has 4 heteroatoms. The third kappa shape index (κ3) is 3.21. The van der Waals surface area contributed by atoms with Crippen LogP contribution in [0, 0.1) is 0 Å². The smallest absolute Gasteiger partial charge is 0.144 e. The third-order valence-corrected chi connectivity index (χ3v) is 6.82. The van der Waals surface area contributed by atoms with Gasteiger partial charge >= 0.3 is 0 Å². The summed E-state index contributed by atoms with van der Waals surface area (Å²) in [4.78, 5) is 0. The minimum absolute atomic E-state index is 0.195. The molecule has 2 atom stereocenters. The zero-order chi connectivity index (χ0) is 17.6. The molecule has 3 aliphatic carbocycles. The van der Waals surface area contributed by atoms with Gasteiger partial charge in [-0.05, 0) is 50.5 Å². The monoisotopic (exact) mass is 351 g/mol. The Morgan fingerprint density at radius 3 is 2.62 bits per heavy atom. The summed E-state index contributed by atoms with van der Waals surface area (Å²) in [6.45, 7) is 1.02. The summed E-state index contributed by atoms with van der Waals surface area (Å²) < 4.78 is 5.81. The van der Waals surface area contributed by atoms with E-state index in [0.717, 1.165) is 43.7 Å². The van der Waals surface area contributed by atoms with Crippen molar-refractivity contribution < 1.29 is 4.52 Å². The van der Waals surface area contributed by atoms with Gasteiger partial charge in [0, 0.05) is 41.9 Å².